The van der Waals surface area contributed by atoms with E-state index in [0.717, 1.165) is 19.3 Å². The Morgan fingerprint density at radius 3 is 2.96 bits per heavy atom. The fraction of sp³-hybridized carbons (Fsp3) is 0.500. The number of nitrogens with zero attached hydrogens (tertiary/aromatic N) is 1. The molecule has 126 valence electrons. The van der Waals surface area contributed by atoms with Gasteiger partial charge in [0.15, 0.2) is 0 Å². The molecule has 0 aliphatic heterocycles. The van der Waals surface area contributed by atoms with Gasteiger partial charge < -0.3 is 14.7 Å². The van der Waals surface area contributed by atoms with Crippen LogP contribution in [0.1, 0.15) is 19.3 Å². The van der Waals surface area contributed by atoms with Gasteiger partial charge in [-0.25, -0.2) is 4.39 Å². The highest BCUT2D eigenvalue weighted by molar-refractivity contribution is 6.33. The van der Waals surface area contributed by atoms with Crippen LogP contribution in [0.25, 0.3) is 0 Å². The Hall–Kier alpha value is -1.48. The van der Waals surface area contributed by atoms with E-state index in [4.69, 9.17) is 16.3 Å². The molecular formula is C18H23ClFNO2. The number of ether oxygens (including phenoxy) is 1. The number of alkyl halides is 1. The summed E-state index contributed by atoms with van der Waals surface area (Å²) in [6, 6.07) is 5.09. The number of hydrogen-bond donors (Lipinski definition) is 1. The van der Waals surface area contributed by atoms with Gasteiger partial charge in [-0.2, -0.15) is 0 Å². The Labute approximate surface area is 142 Å². The molecule has 1 saturated carbocycles. The van der Waals surface area contributed by atoms with E-state index in [-0.39, 0.29) is 18.5 Å². The maximum Gasteiger partial charge on any atom is 0.121 e. The Kier molecular flexibility index (Phi) is 6.52. The quantitative estimate of drug-likeness (QED) is 0.795. The van der Waals surface area contributed by atoms with Gasteiger partial charge in [-0.15, -0.1) is 5.73 Å². The van der Waals surface area contributed by atoms with Crippen molar-refractivity contribution in [2.45, 2.75) is 31.4 Å². The topological polar surface area (TPSA) is 32.7 Å². The van der Waals surface area contributed by atoms with E-state index in [1.165, 1.54) is 0 Å². The number of methoxy groups -OCH3 is 1. The first-order valence-corrected chi connectivity index (χ1v) is 8.20. The summed E-state index contributed by atoms with van der Waals surface area (Å²) in [4.78, 5) is 1.86. The Balaban J connectivity index is 2.35. The summed E-state index contributed by atoms with van der Waals surface area (Å²) >= 11 is 6.32. The fourth-order valence-corrected chi connectivity index (χ4v) is 3.48. The molecule has 5 heteroatoms. The standard InChI is InChI=1S/C18H23ClFNO2/c1-3-5-13-6-4-7-16(18(13)22)21(11-10-20)17-12-14(23-2)8-9-15(17)19/h5,8-9,12-13,16,18,22H,1,4,6-7,10-11H2,2H3. The first kappa shape index (κ1) is 17.9. The molecule has 3 unspecified atom stereocenters. The average Bonchev–Trinajstić information content (AvgIpc) is 2.56. The van der Waals surface area contributed by atoms with E-state index in [1.54, 1.807) is 31.4 Å². The molecule has 1 fully saturated rings. The summed E-state index contributed by atoms with van der Waals surface area (Å²) in [5.74, 6) is 0.638. The molecule has 23 heavy (non-hydrogen) atoms. The smallest absolute Gasteiger partial charge is 0.121 e. The maximum atomic E-state index is 13.1. The fourth-order valence-electron chi connectivity index (χ4n) is 3.26. The third-order valence-electron chi connectivity index (χ3n) is 4.39. The van der Waals surface area contributed by atoms with Crippen LogP contribution in [0.5, 0.6) is 5.75 Å². The van der Waals surface area contributed by atoms with Gasteiger partial charge >= 0.3 is 0 Å². The normalized spacial score (nSPS) is 23.9. The van der Waals surface area contributed by atoms with Gasteiger partial charge in [0.2, 0.25) is 0 Å². The van der Waals surface area contributed by atoms with Gasteiger partial charge in [0.05, 0.1) is 30.0 Å². The second-order valence-electron chi connectivity index (χ2n) is 5.72. The molecule has 0 aromatic heterocycles. The molecular weight excluding hydrogens is 317 g/mol. The average molecular weight is 340 g/mol. The third kappa shape index (κ3) is 4.08. The van der Waals surface area contributed by atoms with E-state index >= 15 is 0 Å². The predicted octanol–water partition coefficient (Wildman–Crippen LogP) is 4.00. The molecule has 0 radical (unpaired) electrons. The van der Waals surface area contributed by atoms with Crippen LogP contribution in [-0.4, -0.2) is 37.6 Å². The van der Waals surface area contributed by atoms with Crippen LogP contribution < -0.4 is 9.64 Å². The molecule has 0 spiro atoms. The van der Waals surface area contributed by atoms with Crippen LogP contribution in [0.4, 0.5) is 10.1 Å². The van der Waals surface area contributed by atoms with Crippen LogP contribution in [0.15, 0.2) is 36.6 Å². The lowest BCUT2D eigenvalue weighted by Crippen LogP contribution is -2.50. The molecule has 0 saturated heterocycles. The zero-order valence-electron chi connectivity index (χ0n) is 13.3. The van der Waals surface area contributed by atoms with E-state index < -0.39 is 12.8 Å². The first-order valence-electron chi connectivity index (χ1n) is 7.82. The van der Waals surface area contributed by atoms with Crippen molar-refractivity contribution in [3.8, 4) is 5.75 Å². The largest absolute Gasteiger partial charge is 0.497 e. The van der Waals surface area contributed by atoms with Gasteiger partial charge in [0.1, 0.15) is 12.4 Å². The zero-order valence-corrected chi connectivity index (χ0v) is 14.1. The highest BCUT2D eigenvalue weighted by atomic mass is 35.5. The second kappa shape index (κ2) is 8.39. The molecule has 0 bridgehead atoms. The highest BCUT2D eigenvalue weighted by Crippen LogP contribution is 2.36. The molecule has 0 heterocycles. The van der Waals surface area contributed by atoms with Gasteiger partial charge in [0.25, 0.3) is 0 Å². The minimum atomic E-state index is -0.605. The molecule has 1 aromatic rings. The number of benzene rings is 1. The van der Waals surface area contributed by atoms with Gasteiger partial charge in [-0.1, -0.05) is 24.6 Å². The SMILES string of the molecule is C=C=CC1CCCC(N(CCF)c2cc(OC)ccc2Cl)C1O. The van der Waals surface area contributed by atoms with Gasteiger partial charge in [0, 0.05) is 18.5 Å². The minimum Gasteiger partial charge on any atom is -0.497 e. The van der Waals surface area contributed by atoms with Crippen molar-refractivity contribution in [1.82, 2.24) is 0 Å². The lowest BCUT2D eigenvalue weighted by Gasteiger charge is -2.41. The molecule has 3 nitrogen and oxygen atoms in total. The van der Waals surface area contributed by atoms with Crippen LogP contribution >= 0.6 is 11.6 Å². The monoisotopic (exact) mass is 339 g/mol. The molecule has 1 aliphatic carbocycles. The van der Waals surface area contributed by atoms with Crippen LogP contribution in [0.3, 0.4) is 0 Å². The lowest BCUT2D eigenvalue weighted by molar-refractivity contribution is 0.0685. The Morgan fingerprint density at radius 1 is 1.52 bits per heavy atom. The number of aliphatic hydroxyl groups is 1. The van der Waals surface area contributed by atoms with Crippen molar-refractivity contribution < 1.29 is 14.2 Å². The summed E-state index contributed by atoms with van der Waals surface area (Å²) in [5, 5.41) is 11.2. The number of hydrogen-bond acceptors (Lipinski definition) is 3. The second-order valence-corrected chi connectivity index (χ2v) is 6.13. The molecule has 1 aromatic carbocycles. The molecule has 1 aliphatic rings. The van der Waals surface area contributed by atoms with E-state index in [9.17, 15) is 9.50 Å². The summed E-state index contributed by atoms with van der Waals surface area (Å²) in [6.07, 6.45) is 3.82. The number of anilines is 1. The molecule has 3 atom stereocenters. The molecule has 1 N–H and O–H groups in total. The van der Waals surface area contributed by atoms with Crippen molar-refractivity contribution >= 4 is 17.3 Å². The van der Waals surface area contributed by atoms with Crippen molar-refractivity contribution in [2.75, 3.05) is 25.2 Å². The Morgan fingerprint density at radius 2 is 2.30 bits per heavy atom. The maximum absolute atomic E-state index is 13.1. The van der Waals surface area contributed by atoms with Crippen LogP contribution in [0, 0.1) is 5.92 Å². The van der Waals surface area contributed by atoms with Gasteiger partial charge in [-0.3, -0.25) is 0 Å². The van der Waals surface area contributed by atoms with Gasteiger partial charge in [-0.05, 0) is 31.1 Å². The molecule has 0 amide bonds. The summed E-state index contributed by atoms with van der Waals surface area (Å²) < 4.78 is 18.4. The third-order valence-corrected chi connectivity index (χ3v) is 4.71. The van der Waals surface area contributed by atoms with E-state index in [2.05, 4.69) is 12.3 Å². The number of rotatable bonds is 6. The van der Waals surface area contributed by atoms with E-state index in [1.807, 2.05) is 4.90 Å². The zero-order chi connectivity index (χ0) is 16.8. The summed E-state index contributed by atoms with van der Waals surface area (Å²) in [7, 11) is 1.58. The van der Waals surface area contributed by atoms with Crippen molar-refractivity contribution in [3.05, 3.63) is 41.6 Å². The highest BCUT2D eigenvalue weighted by Gasteiger charge is 2.35. The molecule has 2 rings (SSSR count). The van der Waals surface area contributed by atoms with Crippen LogP contribution in [0.2, 0.25) is 5.02 Å². The Bertz CT molecular complexity index is 574. The first-order chi connectivity index (χ1) is 11.1. The minimum absolute atomic E-state index is 0.0160. The van der Waals surface area contributed by atoms with Crippen molar-refractivity contribution in [2.24, 2.45) is 5.92 Å². The van der Waals surface area contributed by atoms with Crippen LogP contribution in [-0.2, 0) is 0 Å². The van der Waals surface area contributed by atoms with Crippen molar-refractivity contribution in [3.63, 3.8) is 0 Å². The van der Waals surface area contributed by atoms with E-state index in [0.29, 0.717) is 16.5 Å². The lowest BCUT2D eigenvalue weighted by atomic mass is 9.82. The number of halogens is 2. The summed E-state index contributed by atoms with van der Waals surface area (Å²) in [6.45, 7) is 3.25. The van der Waals surface area contributed by atoms with Crippen molar-refractivity contribution in [1.29, 1.82) is 0 Å². The number of aliphatic hydroxyl groups excluding tert-OH is 1. The summed E-state index contributed by atoms with van der Waals surface area (Å²) in [5.41, 5.74) is 3.45. The predicted molar refractivity (Wildman–Crippen MR) is 92.2 cm³/mol.